The van der Waals surface area contributed by atoms with Crippen LogP contribution in [-0.2, 0) is 9.16 Å². The van der Waals surface area contributed by atoms with E-state index < -0.39 is 14.3 Å². The molecule has 7 heteroatoms. The van der Waals surface area contributed by atoms with Crippen LogP contribution in [-0.4, -0.2) is 48.3 Å². The molecule has 0 fully saturated rings. The Kier molecular flexibility index (Phi) is 9.23. The molecule has 1 aromatic carbocycles. The number of carbonyl (C=O) groups is 1. The third-order valence-corrected chi connectivity index (χ3v) is 9.85. The molecule has 0 aromatic heterocycles. The Morgan fingerprint density at radius 1 is 1.10 bits per heavy atom. The zero-order valence-electron chi connectivity index (χ0n) is 19.1. The van der Waals surface area contributed by atoms with Crippen molar-refractivity contribution in [3.63, 3.8) is 0 Å². The number of ether oxygens (including phenoxy) is 4. The minimum Gasteiger partial charge on any atom is -0.493 e. The van der Waals surface area contributed by atoms with E-state index in [-0.39, 0.29) is 11.1 Å². The summed E-state index contributed by atoms with van der Waals surface area (Å²) in [5, 5.41) is 0.133. The van der Waals surface area contributed by atoms with Crippen molar-refractivity contribution in [3.05, 3.63) is 30.4 Å². The summed E-state index contributed by atoms with van der Waals surface area (Å²) >= 11 is 0. The fourth-order valence-corrected chi connectivity index (χ4v) is 3.55. The van der Waals surface area contributed by atoms with E-state index >= 15 is 0 Å². The van der Waals surface area contributed by atoms with E-state index in [1.807, 2.05) is 0 Å². The number of hydrogen-bond donors (Lipinski definition) is 0. The van der Waals surface area contributed by atoms with Crippen LogP contribution in [0.3, 0.4) is 0 Å². The molecule has 0 N–H and O–H groups in total. The molecule has 1 atom stereocenters. The second-order valence-electron chi connectivity index (χ2n) is 8.36. The summed E-state index contributed by atoms with van der Waals surface area (Å²) in [5.74, 6) is 0.779. The standard InChI is InChI=1S/C22H36O6Si/c1-10-11-17(12-13-27-29(8,9)22(2,3)4)28-21(23)16-14-18(24-5)20(26-7)19(15-16)25-6/h10,14-15,17H,1,11-13H2,2-9H3. The highest BCUT2D eigenvalue weighted by atomic mass is 28.4. The lowest BCUT2D eigenvalue weighted by atomic mass is 10.1. The minimum absolute atomic E-state index is 0.133. The van der Waals surface area contributed by atoms with Crippen LogP contribution in [0.25, 0.3) is 0 Å². The molecule has 164 valence electrons. The SMILES string of the molecule is C=CCC(CCO[Si](C)(C)C(C)(C)C)OC(=O)c1cc(OC)c(OC)c(OC)c1. The molecule has 6 nitrogen and oxygen atoms in total. The second-order valence-corrected chi connectivity index (χ2v) is 13.2. The molecule has 1 rings (SSSR count). The molecule has 0 saturated carbocycles. The van der Waals surface area contributed by atoms with Crippen LogP contribution < -0.4 is 14.2 Å². The maximum absolute atomic E-state index is 12.7. The zero-order valence-corrected chi connectivity index (χ0v) is 20.1. The van der Waals surface area contributed by atoms with Crippen LogP contribution in [0.4, 0.5) is 0 Å². The Balaban J connectivity index is 2.89. The van der Waals surface area contributed by atoms with Gasteiger partial charge in [-0.25, -0.2) is 4.79 Å². The van der Waals surface area contributed by atoms with Crippen LogP contribution in [0.15, 0.2) is 24.8 Å². The molecule has 0 saturated heterocycles. The van der Waals surface area contributed by atoms with Crippen molar-refractivity contribution in [1.82, 2.24) is 0 Å². The van der Waals surface area contributed by atoms with Gasteiger partial charge in [0.05, 0.1) is 26.9 Å². The highest BCUT2D eigenvalue weighted by Crippen LogP contribution is 2.39. The first-order chi connectivity index (χ1) is 13.5. The van der Waals surface area contributed by atoms with Crippen molar-refractivity contribution >= 4 is 14.3 Å². The molecule has 0 aliphatic heterocycles. The predicted molar refractivity (Wildman–Crippen MR) is 118 cm³/mol. The minimum atomic E-state index is -1.85. The first-order valence-electron chi connectivity index (χ1n) is 9.76. The van der Waals surface area contributed by atoms with Crippen molar-refractivity contribution < 1.29 is 28.2 Å². The third-order valence-electron chi connectivity index (χ3n) is 5.31. The van der Waals surface area contributed by atoms with Gasteiger partial charge in [-0.1, -0.05) is 26.8 Å². The number of carbonyl (C=O) groups excluding carboxylic acids is 1. The van der Waals surface area contributed by atoms with Gasteiger partial charge in [0.25, 0.3) is 0 Å². The zero-order chi connectivity index (χ0) is 22.2. The van der Waals surface area contributed by atoms with Gasteiger partial charge in [0.2, 0.25) is 5.75 Å². The number of esters is 1. The van der Waals surface area contributed by atoms with Gasteiger partial charge >= 0.3 is 5.97 Å². The summed E-state index contributed by atoms with van der Waals surface area (Å²) < 4.78 is 27.9. The van der Waals surface area contributed by atoms with Gasteiger partial charge in [-0.3, -0.25) is 0 Å². The first kappa shape index (κ1) is 25.0. The van der Waals surface area contributed by atoms with Gasteiger partial charge < -0.3 is 23.4 Å². The Morgan fingerprint density at radius 2 is 1.66 bits per heavy atom. The normalized spacial score (nSPS) is 12.8. The Morgan fingerprint density at radius 3 is 2.07 bits per heavy atom. The molecule has 29 heavy (non-hydrogen) atoms. The summed E-state index contributed by atoms with van der Waals surface area (Å²) in [6.07, 6.45) is 2.59. The maximum Gasteiger partial charge on any atom is 0.338 e. The predicted octanol–water partition coefficient (Wildman–Crippen LogP) is 5.23. The van der Waals surface area contributed by atoms with Gasteiger partial charge in [-0.05, 0) is 30.3 Å². The maximum atomic E-state index is 12.7. The van der Waals surface area contributed by atoms with E-state index in [0.717, 1.165) is 0 Å². The Hall–Kier alpha value is -1.99. The van der Waals surface area contributed by atoms with Crippen molar-refractivity contribution in [2.45, 2.75) is 57.8 Å². The lowest BCUT2D eigenvalue weighted by molar-refractivity contribution is 0.0254. The van der Waals surface area contributed by atoms with Gasteiger partial charge in [0.1, 0.15) is 6.10 Å². The van der Waals surface area contributed by atoms with Crippen LogP contribution in [0, 0.1) is 0 Å². The molecule has 1 aromatic rings. The lowest BCUT2D eigenvalue weighted by Gasteiger charge is -2.36. The molecule has 0 aliphatic carbocycles. The Bertz CT molecular complexity index is 668. The van der Waals surface area contributed by atoms with E-state index in [1.54, 1.807) is 18.2 Å². The third kappa shape index (κ3) is 6.78. The quantitative estimate of drug-likeness (QED) is 0.275. The summed E-state index contributed by atoms with van der Waals surface area (Å²) in [6.45, 7) is 15.3. The van der Waals surface area contributed by atoms with Gasteiger partial charge in [0, 0.05) is 19.4 Å². The molecule has 0 bridgehead atoms. The number of rotatable bonds is 11. The summed E-state index contributed by atoms with van der Waals surface area (Å²) in [4.78, 5) is 12.7. The molecule has 0 aliphatic rings. The molecule has 1 unspecified atom stereocenters. The van der Waals surface area contributed by atoms with Crippen LogP contribution in [0.2, 0.25) is 18.1 Å². The highest BCUT2D eigenvalue weighted by Gasteiger charge is 2.37. The Labute approximate surface area is 176 Å². The van der Waals surface area contributed by atoms with Gasteiger partial charge in [-0.2, -0.15) is 0 Å². The molecule has 0 spiro atoms. The fourth-order valence-electron chi connectivity index (χ4n) is 2.49. The summed E-state index contributed by atoms with van der Waals surface area (Å²) in [5.41, 5.74) is 0.332. The van der Waals surface area contributed by atoms with E-state index in [0.29, 0.717) is 42.3 Å². The largest absolute Gasteiger partial charge is 0.493 e. The van der Waals surface area contributed by atoms with Crippen molar-refractivity contribution in [3.8, 4) is 17.2 Å². The average Bonchev–Trinajstić information content (AvgIpc) is 2.65. The van der Waals surface area contributed by atoms with Crippen LogP contribution >= 0.6 is 0 Å². The van der Waals surface area contributed by atoms with E-state index in [2.05, 4.69) is 40.4 Å². The highest BCUT2D eigenvalue weighted by molar-refractivity contribution is 6.74. The topological polar surface area (TPSA) is 63.2 Å². The number of benzene rings is 1. The monoisotopic (exact) mass is 424 g/mol. The smallest absolute Gasteiger partial charge is 0.338 e. The van der Waals surface area contributed by atoms with E-state index in [4.69, 9.17) is 23.4 Å². The summed E-state index contributed by atoms with van der Waals surface area (Å²) in [7, 11) is 2.68. The molecule has 0 heterocycles. The van der Waals surface area contributed by atoms with Crippen molar-refractivity contribution in [1.29, 1.82) is 0 Å². The van der Waals surface area contributed by atoms with Crippen LogP contribution in [0.1, 0.15) is 44.0 Å². The van der Waals surface area contributed by atoms with Gasteiger partial charge in [-0.15, -0.1) is 6.58 Å². The number of methoxy groups -OCH3 is 3. The molecular weight excluding hydrogens is 388 g/mol. The fraction of sp³-hybridized carbons (Fsp3) is 0.591. The van der Waals surface area contributed by atoms with Crippen molar-refractivity contribution in [2.75, 3.05) is 27.9 Å². The van der Waals surface area contributed by atoms with E-state index in [9.17, 15) is 4.79 Å². The number of hydrogen-bond acceptors (Lipinski definition) is 6. The lowest BCUT2D eigenvalue weighted by Crippen LogP contribution is -2.41. The molecule has 0 amide bonds. The first-order valence-corrected chi connectivity index (χ1v) is 12.7. The van der Waals surface area contributed by atoms with E-state index in [1.165, 1.54) is 21.3 Å². The average molecular weight is 425 g/mol. The molecule has 0 radical (unpaired) electrons. The summed E-state index contributed by atoms with van der Waals surface area (Å²) in [6, 6.07) is 3.17. The van der Waals surface area contributed by atoms with Gasteiger partial charge in [0.15, 0.2) is 19.8 Å². The van der Waals surface area contributed by atoms with Crippen LogP contribution in [0.5, 0.6) is 17.2 Å². The molecular formula is C22H36O6Si. The van der Waals surface area contributed by atoms with Crippen molar-refractivity contribution in [2.24, 2.45) is 0 Å². The second kappa shape index (κ2) is 10.7.